The first-order valence-electron chi connectivity index (χ1n) is 16.1. The molecule has 1 heterocycles. The van der Waals surface area contributed by atoms with Crippen molar-refractivity contribution in [3.05, 3.63) is 47.2 Å². The molecular formula is C37H49NO3. The molecule has 1 N–H and O–H groups in total. The van der Waals surface area contributed by atoms with E-state index in [0.29, 0.717) is 11.7 Å². The second kappa shape index (κ2) is 8.17. The van der Waals surface area contributed by atoms with Crippen LogP contribution in [0.15, 0.2) is 35.9 Å². The molecule has 7 rings (SSSR count). The zero-order chi connectivity index (χ0) is 29.4. The Balaban J connectivity index is 1.37. The summed E-state index contributed by atoms with van der Waals surface area (Å²) in [6.07, 6.45) is 10.3. The van der Waals surface area contributed by atoms with Gasteiger partial charge in [0.15, 0.2) is 5.78 Å². The molecule has 0 amide bonds. The van der Waals surface area contributed by atoms with E-state index in [1.807, 2.05) is 0 Å². The summed E-state index contributed by atoms with van der Waals surface area (Å²) in [6, 6.07) is 8.73. The Morgan fingerprint density at radius 1 is 0.951 bits per heavy atom. The first-order valence-corrected chi connectivity index (χ1v) is 16.1. The Labute approximate surface area is 246 Å². The van der Waals surface area contributed by atoms with Crippen molar-refractivity contribution in [3.63, 3.8) is 0 Å². The highest BCUT2D eigenvalue weighted by molar-refractivity contribution is 5.96. The number of allylic oxidation sites excluding steroid dienone is 2. The number of hydrogen-bond acceptors (Lipinski definition) is 3. The van der Waals surface area contributed by atoms with E-state index in [4.69, 9.17) is 4.74 Å². The third-order valence-electron chi connectivity index (χ3n) is 14.4. The van der Waals surface area contributed by atoms with E-state index >= 15 is 0 Å². The first kappa shape index (κ1) is 27.5. The highest BCUT2D eigenvalue weighted by Crippen LogP contribution is 2.75. The number of nitrogens with one attached hydrogen (secondary N) is 1. The van der Waals surface area contributed by atoms with Gasteiger partial charge in [-0.05, 0) is 109 Å². The molecule has 41 heavy (non-hydrogen) atoms. The fourth-order valence-corrected chi connectivity index (χ4v) is 11.9. The van der Waals surface area contributed by atoms with Crippen molar-refractivity contribution in [2.75, 3.05) is 7.11 Å². The molecule has 4 nitrogen and oxygen atoms in total. The van der Waals surface area contributed by atoms with Crippen LogP contribution in [0.25, 0.3) is 10.9 Å². The highest BCUT2D eigenvalue weighted by Gasteiger charge is 2.70. The number of ether oxygens (including phenoxy) is 1. The van der Waals surface area contributed by atoms with Gasteiger partial charge in [-0.3, -0.25) is 9.59 Å². The van der Waals surface area contributed by atoms with Gasteiger partial charge in [0.25, 0.3) is 0 Å². The minimum Gasteiger partial charge on any atom is -0.469 e. The maximum Gasteiger partial charge on any atom is 0.311 e. The molecule has 0 unspecified atom stereocenters. The average molecular weight is 556 g/mol. The van der Waals surface area contributed by atoms with E-state index in [2.05, 4.69) is 83.8 Å². The van der Waals surface area contributed by atoms with Crippen molar-refractivity contribution in [1.82, 2.24) is 4.98 Å². The quantitative estimate of drug-likeness (QED) is 0.360. The van der Waals surface area contributed by atoms with Crippen LogP contribution in [0.1, 0.15) is 105 Å². The Morgan fingerprint density at radius 3 is 2.39 bits per heavy atom. The number of aromatic nitrogens is 1. The van der Waals surface area contributed by atoms with Crippen molar-refractivity contribution < 1.29 is 14.3 Å². The standard InChI is InChI=1S/C37H49NO3/c1-32(2)28-13-14-37(7)29(35(28,5)20-23-22-11-9-10-12-26(22)38-30(23)32)27(39)19-24-25-21-34(4,31(40)41-8)16-15-33(25,3)17-18-36(24,37)6/h9-12,19,25,28-29,38H,13-18,20-21H2,1-8H3/t25-,28+,29+,33+,34+,35-,36+,37+/m0/s1. The minimum atomic E-state index is -0.485. The van der Waals surface area contributed by atoms with E-state index in [9.17, 15) is 9.59 Å². The van der Waals surface area contributed by atoms with Gasteiger partial charge in [-0.2, -0.15) is 0 Å². The monoisotopic (exact) mass is 555 g/mol. The van der Waals surface area contributed by atoms with Gasteiger partial charge in [0, 0.05) is 27.9 Å². The largest absolute Gasteiger partial charge is 0.469 e. The number of rotatable bonds is 1. The molecule has 1 aromatic carbocycles. The Morgan fingerprint density at radius 2 is 1.66 bits per heavy atom. The van der Waals surface area contributed by atoms with Gasteiger partial charge in [-0.25, -0.2) is 0 Å². The predicted molar refractivity (Wildman–Crippen MR) is 163 cm³/mol. The van der Waals surface area contributed by atoms with Crippen LogP contribution in [0.4, 0.5) is 0 Å². The molecule has 0 saturated heterocycles. The number of carbonyl (C=O) groups is 2. The maximum atomic E-state index is 14.8. The molecule has 5 aliphatic carbocycles. The highest BCUT2D eigenvalue weighted by atomic mass is 16.5. The fourth-order valence-electron chi connectivity index (χ4n) is 11.9. The summed E-state index contributed by atoms with van der Waals surface area (Å²) < 4.78 is 5.31. The van der Waals surface area contributed by atoms with Crippen molar-refractivity contribution >= 4 is 22.7 Å². The van der Waals surface area contributed by atoms with Crippen LogP contribution < -0.4 is 0 Å². The maximum absolute atomic E-state index is 14.8. The number of carbonyl (C=O) groups excluding carboxylic acids is 2. The Hall–Kier alpha value is -2.36. The second-order valence-corrected chi connectivity index (χ2v) is 16.7. The van der Waals surface area contributed by atoms with Gasteiger partial charge < -0.3 is 9.72 Å². The number of ketones is 1. The summed E-state index contributed by atoms with van der Waals surface area (Å²) in [6.45, 7) is 16.8. The molecule has 2 aromatic rings. The lowest BCUT2D eigenvalue weighted by atomic mass is 9.33. The number of H-pyrrole nitrogens is 1. The van der Waals surface area contributed by atoms with Gasteiger partial charge >= 0.3 is 5.97 Å². The summed E-state index contributed by atoms with van der Waals surface area (Å²) in [5, 5.41) is 1.32. The molecule has 220 valence electrons. The zero-order valence-corrected chi connectivity index (χ0v) is 26.5. The molecule has 3 fully saturated rings. The lowest BCUT2D eigenvalue weighted by molar-refractivity contribution is -0.174. The van der Waals surface area contributed by atoms with Gasteiger partial charge in [0.2, 0.25) is 0 Å². The van der Waals surface area contributed by atoms with E-state index in [1.54, 1.807) is 0 Å². The normalized spacial score (nSPS) is 44.5. The average Bonchev–Trinajstić information content (AvgIpc) is 3.29. The Kier molecular flexibility index (Phi) is 5.47. The van der Waals surface area contributed by atoms with Crippen LogP contribution in [0, 0.1) is 44.8 Å². The number of fused-ring (bicyclic) bond motifs is 10. The zero-order valence-electron chi connectivity index (χ0n) is 26.5. The van der Waals surface area contributed by atoms with Crippen molar-refractivity contribution in [1.29, 1.82) is 0 Å². The first-order chi connectivity index (χ1) is 19.1. The van der Waals surface area contributed by atoms with E-state index in [-0.39, 0.29) is 44.9 Å². The molecule has 0 spiro atoms. The Bertz CT molecular complexity index is 1510. The number of methoxy groups -OCH3 is 1. The molecule has 4 heteroatoms. The number of benzene rings is 1. The van der Waals surface area contributed by atoms with Crippen LogP contribution in [0.5, 0.6) is 0 Å². The smallest absolute Gasteiger partial charge is 0.311 e. The van der Waals surface area contributed by atoms with Crippen LogP contribution in [-0.2, 0) is 26.2 Å². The molecule has 0 aliphatic heterocycles. The van der Waals surface area contributed by atoms with Gasteiger partial charge in [0.05, 0.1) is 12.5 Å². The summed E-state index contributed by atoms with van der Waals surface area (Å²) in [5.74, 6) is 0.923. The van der Waals surface area contributed by atoms with Crippen molar-refractivity contribution in [2.45, 2.75) is 105 Å². The molecular weight excluding hydrogens is 506 g/mol. The number of esters is 1. The van der Waals surface area contributed by atoms with Crippen LogP contribution >= 0.6 is 0 Å². The van der Waals surface area contributed by atoms with Crippen molar-refractivity contribution in [2.24, 2.45) is 44.8 Å². The topological polar surface area (TPSA) is 59.2 Å². The molecule has 3 saturated carbocycles. The SMILES string of the molecule is COC(=O)[C@]1(C)CC[C@]2(C)CC[C@]3(C)C(=CC(=O)[C@@H]4[C@@]5(C)Cc6c([nH]c7ccccc67)C(C)(C)[C@H]5CC[C@]43C)[C@@H]2C1. The van der Waals surface area contributed by atoms with Gasteiger partial charge in [-0.15, -0.1) is 0 Å². The van der Waals surface area contributed by atoms with Crippen LogP contribution in [-0.4, -0.2) is 23.8 Å². The molecule has 5 aliphatic rings. The summed E-state index contributed by atoms with van der Waals surface area (Å²) in [4.78, 5) is 31.6. The third kappa shape index (κ3) is 3.23. The van der Waals surface area contributed by atoms with E-state index in [0.717, 1.165) is 51.4 Å². The molecule has 0 bridgehead atoms. The second-order valence-electron chi connectivity index (χ2n) is 16.7. The summed E-state index contributed by atoms with van der Waals surface area (Å²) in [5.41, 5.74) is 4.72. The third-order valence-corrected chi connectivity index (χ3v) is 14.4. The summed E-state index contributed by atoms with van der Waals surface area (Å²) >= 11 is 0. The minimum absolute atomic E-state index is 0.0106. The number of aromatic amines is 1. The van der Waals surface area contributed by atoms with Gasteiger partial charge in [0.1, 0.15) is 0 Å². The lowest BCUT2D eigenvalue weighted by Crippen LogP contribution is -2.66. The van der Waals surface area contributed by atoms with Crippen LogP contribution in [0.2, 0.25) is 0 Å². The summed E-state index contributed by atoms with van der Waals surface area (Å²) in [7, 11) is 1.52. The number of hydrogen-bond donors (Lipinski definition) is 1. The van der Waals surface area contributed by atoms with E-state index in [1.165, 1.54) is 34.8 Å². The number of para-hydroxylation sites is 1. The predicted octanol–water partition coefficient (Wildman–Crippen LogP) is 8.34. The van der Waals surface area contributed by atoms with Crippen LogP contribution in [0.3, 0.4) is 0 Å². The van der Waals surface area contributed by atoms with Gasteiger partial charge in [-0.1, -0.05) is 65.3 Å². The molecule has 8 atom stereocenters. The lowest BCUT2D eigenvalue weighted by Gasteiger charge is -2.70. The fraction of sp³-hybridized carbons (Fsp3) is 0.676. The van der Waals surface area contributed by atoms with Crippen molar-refractivity contribution in [3.8, 4) is 0 Å². The van der Waals surface area contributed by atoms with E-state index < -0.39 is 5.41 Å². The molecule has 0 radical (unpaired) electrons. The molecule has 1 aromatic heterocycles.